The van der Waals surface area contributed by atoms with Gasteiger partial charge in [-0.1, -0.05) is 33.6 Å². The van der Waals surface area contributed by atoms with Crippen LogP contribution >= 0.6 is 7.60 Å². The fourth-order valence-corrected chi connectivity index (χ4v) is 4.53. The molecule has 0 spiro atoms. The fourth-order valence-electron chi connectivity index (χ4n) is 2.97. The molecule has 0 aromatic heterocycles. The molecule has 0 aromatic carbocycles. The zero-order valence-corrected chi connectivity index (χ0v) is 13.0. The molecular weight excluding hydrogens is 249 g/mol. The third kappa shape index (κ3) is 4.34. The second-order valence-electron chi connectivity index (χ2n) is 5.12. The molecule has 0 fully saturated rings. The van der Waals surface area contributed by atoms with Gasteiger partial charge in [0.05, 0.1) is 5.16 Å². The maximum atomic E-state index is 11.9. The van der Waals surface area contributed by atoms with Gasteiger partial charge in [-0.3, -0.25) is 4.57 Å². The summed E-state index contributed by atoms with van der Waals surface area (Å²) in [5.74, 6) is 0.0804. The van der Waals surface area contributed by atoms with E-state index in [0.29, 0.717) is 19.4 Å². The Morgan fingerprint density at radius 3 is 1.94 bits per heavy atom. The largest absolute Gasteiger partial charge is 0.331 e. The molecule has 1 atom stereocenters. The molecule has 0 amide bonds. The minimum atomic E-state index is -4.08. The van der Waals surface area contributed by atoms with E-state index in [1.165, 1.54) is 0 Å². The lowest BCUT2D eigenvalue weighted by Crippen LogP contribution is -2.37. The Balaban J connectivity index is 5.12. The van der Waals surface area contributed by atoms with Gasteiger partial charge in [-0.2, -0.15) is 0 Å². The molecule has 0 rings (SSSR count). The van der Waals surface area contributed by atoms with Crippen molar-refractivity contribution < 1.29 is 14.4 Å². The highest BCUT2D eigenvalue weighted by atomic mass is 31.2. The normalized spacial score (nSPS) is 14.8. The van der Waals surface area contributed by atoms with Gasteiger partial charge in [0.15, 0.2) is 0 Å². The maximum absolute atomic E-state index is 11.9. The molecule has 0 bridgehead atoms. The molecule has 0 radical (unpaired) electrons. The fraction of sp³-hybridized carbons (Fsp3) is 1.00. The van der Waals surface area contributed by atoms with Crippen molar-refractivity contribution in [1.29, 1.82) is 0 Å². The topological polar surface area (TPSA) is 83.6 Å². The SMILES string of the molecule is CCCCC(CCCN)C(CC)(CC)P(=O)(O)O. The van der Waals surface area contributed by atoms with Gasteiger partial charge in [0.25, 0.3) is 0 Å². The van der Waals surface area contributed by atoms with Gasteiger partial charge in [0.2, 0.25) is 0 Å². The second-order valence-corrected chi connectivity index (χ2v) is 7.10. The van der Waals surface area contributed by atoms with Crippen LogP contribution in [0.5, 0.6) is 0 Å². The molecule has 5 heteroatoms. The van der Waals surface area contributed by atoms with E-state index >= 15 is 0 Å². The van der Waals surface area contributed by atoms with Crippen LogP contribution in [0.4, 0.5) is 0 Å². The summed E-state index contributed by atoms with van der Waals surface area (Å²) in [6.07, 6.45) is 5.71. The number of nitrogens with two attached hydrogens (primary N) is 1. The summed E-state index contributed by atoms with van der Waals surface area (Å²) in [6.45, 7) is 6.48. The van der Waals surface area contributed by atoms with E-state index < -0.39 is 12.8 Å². The lowest BCUT2D eigenvalue weighted by atomic mass is 9.80. The molecular formula is C13H30NO3P. The smallest absolute Gasteiger partial charge is 0.330 e. The molecule has 0 aliphatic heterocycles. The second kappa shape index (κ2) is 8.31. The molecule has 0 aliphatic rings. The highest BCUT2D eigenvalue weighted by Gasteiger charge is 2.48. The van der Waals surface area contributed by atoms with E-state index in [9.17, 15) is 14.4 Å². The van der Waals surface area contributed by atoms with Crippen molar-refractivity contribution in [2.45, 2.75) is 70.9 Å². The molecule has 0 aliphatic carbocycles. The zero-order chi connectivity index (χ0) is 14.2. The average molecular weight is 279 g/mol. The first-order chi connectivity index (χ1) is 8.39. The molecule has 0 saturated carbocycles. The number of hydrogen-bond acceptors (Lipinski definition) is 2. The van der Waals surface area contributed by atoms with Crippen molar-refractivity contribution in [2.24, 2.45) is 11.7 Å². The first kappa shape index (κ1) is 18.1. The van der Waals surface area contributed by atoms with Gasteiger partial charge in [0, 0.05) is 0 Å². The van der Waals surface area contributed by atoms with Gasteiger partial charge in [0.1, 0.15) is 0 Å². The zero-order valence-electron chi connectivity index (χ0n) is 12.1. The van der Waals surface area contributed by atoms with Crippen molar-refractivity contribution in [1.82, 2.24) is 0 Å². The predicted molar refractivity (Wildman–Crippen MR) is 76.7 cm³/mol. The van der Waals surface area contributed by atoms with E-state index in [-0.39, 0.29) is 5.92 Å². The molecule has 4 N–H and O–H groups in total. The van der Waals surface area contributed by atoms with Gasteiger partial charge in [-0.05, 0) is 44.6 Å². The maximum Gasteiger partial charge on any atom is 0.331 e. The van der Waals surface area contributed by atoms with Crippen LogP contribution in [0.1, 0.15) is 65.7 Å². The molecule has 0 heterocycles. The number of rotatable bonds is 10. The van der Waals surface area contributed by atoms with Crippen LogP contribution in [0.2, 0.25) is 0 Å². The summed E-state index contributed by atoms with van der Waals surface area (Å²) >= 11 is 0. The molecule has 4 nitrogen and oxygen atoms in total. The lowest BCUT2D eigenvalue weighted by molar-refractivity contribution is 0.229. The van der Waals surface area contributed by atoms with E-state index in [1.54, 1.807) is 0 Å². The minimum absolute atomic E-state index is 0.0804. The first-order valence-electron chi connectivity index (χ1n) is 7.15. The standard InChI is InChI=1S/C13H30NO3P/c1-4-7-9-12(10-8-11-14)13(5-2,6-3)18(15,16)17/h12H,4-11,14H2,1-3H3,(H2,15,16,17). The summed E-state index contributed by atoms with van der Waals surface area (Å²) in [5, 5.41) is -0.850. The number of hydrogen-bond donors (Lipinski definition) is 3. The van der Waals surface area contributed by atoms with Crippen LogP contribution in [0.25, 0.3) is 0 Å². The van der Waals surface area contributed by atoms with Crippen LogP contribution in [-0.2, 0) is 4.57 Å². The Kier molecular flexibility index (Phi) is 8.37. The average Bonchev–Trinajstić information content (AvgIpc) is 2.31. The Labute approximate surface area is 112 Å². The molecule has 1 unspecified atom stereocenters. The van der Waals surface area contributed by atoms with Gasteiger partial charge < -0.3 is 15.5 Å². The highest BCUT2D eigenvalue weighted by Crippen LogP contribution is 2.60. The number of unbranched alkanes of at least 4 members (excludes halogenated alkanes) is 1. The highest BCUT2D eigenvalue weighted by molar-refractivity contribution is 7.53. The predicted octanol–water partition coefficient (Wildman–Crippen LogP) is 3.27. The Morgan fingerprint density at radius 2 is 1.61 bits per heavy atom. The van der Waals surface area contributed by atoms with Gasteiger partial charge in [-0.15, -0.1) is 0 Å². The van der Waals surface area contributed by atoms with Crippen LogP contribution in [0, 0.1) is 5.92 Å². The van der Waals surface area contributed by atoms with Gasteiger partial charge in [-0.25, -0.2) is 0 Å². The van der Waals surface area contributed by atoms with E-state index in [4.69, 9.17) is 5.73 Å². The van der Waals surface area contributed by atoms with Crippen molar-refractivity contribution in [3.63, 3.8) is 0 Å². The summed E-state index contributed by atoms with van der Waals surface area (Å²) in [6, 6.07) is 0. The quantitative estimate of drug-likeness (QED) is 0.536. The van der Waals surface area contributed by atoms with E-state index in [1.807, 2.05) is 13.8 Å². The minimum Gasteiger partial charge on any atom is -0.330 e. The summed E-state index contributed by atoms with van der Waals surface area (Å²) < 4.78 is 11.9. The molecule has 0 saturated heterocycles. The van der Waals surface area contributed by atoms with Crippen molar-refractivity contribution in [3.05, 3.63) is 0 Å². The third-order valence-electron chi connectivity index (χ3n) is 4.23. The summed E-state index contributed by atoms with van der Waals surface area (Å²) in [7, 11) is -4.08. The summed E-state index contributed by atoms with van der Waals surface area (Å²) in [5.41, 5.74) is 5.55. The van der Waals surface area contributed by atoms with E-state index in [0.717, 1.165) is 32.1 Å². The Bertz CT molecular complexity index is 253. The molecule has 18 heavy (non-hydrogen) atoms. The third-order valence-corrected chi connectivity index (χ3v) is 6.39. The summed E-state index contributed by atoms with van der Waals surface area (Å²) in [4.78, 5) is 19.6. The van der Waals surface area contributed by atoms with E-state index in [2.05, 4.69) is 6.92 Å². The van der Waals surface area contributed by atoms with Crippen LogP contribution in [0.3, 0.4) is 0 Å². The van der Waals surface area contributed by atoms with Crippen molar-refractivity contribution in [2.75, 3.05) is 6.54 Å². The molecule has 0 aromatic rings. The van der Waals surface area contributed by atoms with Crippen molar-refractivity contribution >= 4 is 7.60 Å². The molecule has 110 valence electrons. The Hall–Kier alpha value is 0.110. The van der Waals surface area contributed by atoms with Crippen LogP contribution < -0.4 is 5.73 Å². The van der Waals surface area contributed by atoms with Crippen molar-refractivity contribution in [3.8, 4) is 0 Å². The monoisotopic (exact) mass is 279 g/mol. The van der Waals surface area contributed by atoms with Crippen LogP contribution in [0.15, 0.2) is 0 Å². The Morgan fingerprint density at radius 1 is 1.11 bits per heavy atom. The van der Waals surface area contributed by atoms with Gasteiger partial charge >= 0.3 is 7.60 Å². The first-order valence-corrected chi connectivity index (χ1v) is 8.76. The lowest BCUT2D eigenvalue weighted by Gasteiger charge is -2.40. The van der Waals surface area contributed by atoms with Crippen LogP contribution in [-0.4, -0.2) is 21.5 Å².